The number of likely N-dealkylation sites (tertiary alicyclic amines) is 1. The minimum Gasteiger partial charge on any atom is -0.377 e. The van der Waals surface area contributed by atoms with E-state index in [1.165, 1.54) is 12.8 Å². The average molecular weight is 216 g/mol. The van der Waals surface area contributed by atoms with Gasteiger partial charge in [0.05, 0.1) is 12.2 Å². The standard InChI is InChI=1S/C11H24N2O2/c1-12-6-4-5-7-13-8-10(14-2)11(9-13)15-3/h10-12H,4-9H2,1-3H3. The molecule has 1 heterocycles. The van der Waals surface area contributed by atoms with Crippen LogP contribution >= 0.6 is 0 Å². The van der Waals surface area contributed by atoms with Crippen molar-refractivity contribution in [2.45, 2.75) is 25.0 Å². The summed E-state index contributed by atoms with van der Waals surface area (Å²) >= 11 is 0. The Labute approximate surface area is 92.9 Å². The fourth-order valence-electron chi connectivity index (χ4n) is 2.09. The molecule has 2 unspecified atom stereocenters. The molecule has 0 spiro atoms. The highest BCUT2D eigenvalue weighted by Crippen LogP contribution is 2.15. The highest BCUT2D eigenvalue weighted by molar-refractivity contribution is 4.85. The number of hydrogen-bond acceptors (Lipinski definition) is 4. The minimum atomic E-state index is 0.249. The lowest BCUT2D eigenvalue weighted by Gasteiger charge is -2.14. The van der Waals surface area contributed by atoms with Gasteiger partial charge in [-0.3, -0.25) is 4.90 Å². The monoisotopic (exact) mass is 216 g/mol. The van der Waals surface area contributed by atoms with Gasteiger partial charge in [0, 0.05) is 27.3 Å². The van der Waals surface area contributed by atoms with E-state index in [4.69, 9.17) is 9.47 Å². The summed E-state index contributed by atoms with van der Waals surface area (Å²) in [5.41, 5.74) is 0. The van der Waals surface area contributed by atoms with Gasteiger partial charge in [-0.1, -0.05) is 0 Å². The van der Waals surface area contributed by atoms with Gasteiger partial charge in [0.1, 0.15) is 0 Å². The number of hydrogen-bond donors (Lipinski definition) is 1. The molecule has 0 amide bonds. The molecule has 0 aliphatic carbocycles. The van der Waals surface area contributed by atoms with E-state index < -0.39 is 0 Å². The Bertz CT molecular complexity index is 155. The fourth-order valence-corrected chi connectivity index (χ4v) is 2.09. The molecule has 0 aromatic carbocycles. The molecule has 0 saturated carbocycles. The molecule has 1 rings (SSSR count). The van der Waals surface area contributed by atoms with Crippen molar-refractivity contribution in [2.75, 3.05) is 47.4 Å². The van der Waals surface area contributed by atoms with Crippen LogP contribution < -0.4 is 5.32 Å². The van der Waals surface area contributed by atoms with Gasteiger partial charge in [-0.15, -0.1) is 0 Å². The van der Waals surface area contributed by atoms with Crippen molar-refractivity contribution < 1.29 is 9.47 Å². The summed E-state index contributed by atoms with van der Waals surface area (Å²) in [5, 5.41) is 3.17. The van der Waals surface area contributed by atoms with Gasteiger partial charge in [0.25, 0.3) is 0 Å². The molecule has 1 aliphatic rings. The van der Waals surface area contributed by atoms with E-state index >= 15 is 0 Å². The van der Waals surface area contributed by atoms with Gasteiger partial charge in [-0.05, 0) is 33.0 Å². The fraction of sp³-hybridized carbons (Fsp3) is 1.00. The van der Waals surface area contributed by atoms with Gasteiger partial charge in [-0.25, -0.2) is 0 Å². The van der Waals surface area contributed by atoms with Crippen molar-refractivity contribution in [3.05, 3.63) is 0 Å². The molecule has 1 fully saturated rings. The molecule has 0 bridgehead atoms. The van der Waals surface area contributed by atoms with E-state index in [9.17, 15) is 0 Å². The molecule has 0 radical (unpaired) electrons. The van der Waals surface area contributed by atoms with Gasteiger partial charge in [-0.2, -0.15) is 0 Å². The lowest BCUT2D eigenvalue weighted by molar-refractivity contribution is -0.00461. The second kappa shape index (κ2) is 7.17. The van der Waals surface area contributed by atoms with Gasteiger partial charge < -0.3 is 14.8 Å². The Morgan fingerprint density at radius 1 is 1.13 bits per heavy atom. The first-order valence-electron chi connectivity index (χ1n) is 5.74. The zero-order chi connectivity index (χ0) is 11.1. The van der Waals surface area contributed by atoms with Crippen LogP contribution in [0.25, 0.3) is 0 Å². The molecular formula is C11H24N2O2. The SMILES string of the molecule is CNCCCCN1CC(OC)C(OC)C1. The van der Waals surface area contributed by atoms with Crippen LogP contribution in [0.15, 0.2) is 0 Å². The largest absolute Gasteiger partial charge is 0.377 e. The van der Waals surface area contributed by atoms with Crippen molar-refractivity contribution in [3.8, 4) is 0 Å². The Morgan fingerprint density at radius 3 is 2.20 bits per heavy atom. The van der Waals surface area contributed by atoms with E-state index in [2.05, 4.69) is 10.2 Å². The van der Waals surface area contributed by atoms with Crippen LogP contribution in [0.3, 0.4) is 0 Å². The van der Waals surface area contributed by atoms with Crippen LogP contribution in [-0.2, 0) is 9.47 Å². The maximum Gasteiger partial charge on any atom is 0.0971 e. The number of nitrogens with one attached hydrogen (secondary N) is 1. The quantitative estimate of drug-likeness (QED) is 0.622. The molecule has 0 aromatic heterocycles. The van der Waals surface area contributed by atoms with Crippen LogP contribution in [0.1, 0.15) is 12.8 Å². The van der Waals surface area contributed by atoms with Crippen LogP contribution in [0, 0.1) is 0 Å². The molecule has 90 valence electrons. The third kappa shape index (κ3) is 4.07. The first-order valence-corrected chi connectivity index (χ1v) is 5.74. The van der Waals surface area contributed by atoms with Crippen LogP contribution in [0.2, 0.25) is 0 Å². The first-order chi connectivity index (χ1) is 7.31. The van der Waals surface area contributed by atoms with E-state index in [0.717, 1.165) is 26.2 Å². The minimum absolute atomic E-state index is 0.249. The summed E-state index contributed by atoms with van der Waals surface area (Å²) in [4.78, 5) is 2.43. The maximum atomic E-state index is 5.39. The molecular weight excluding hydrogens is 192 g/mol. The molecule has 1 saturated heterocycles. The van der Waals surface area contributed by atoms with E-state index in [1.54, 1.807) is 14.2 Å². The third-order valence-electron chi connectivity index (χ3n) is 3.05. The molecule has 15 heavy (non-hydrogen) atoms. The normalized spacial score (nSPS) is 27.4. The molecule has 1 N–H and O–H groups in total. The van der Waals surface area contributed by atoms with Crippen LogP contribution in [0.5, 0.6) is 0 Å². The lowest BCUT2D eigenvalue weighted by atomic mass is 10.3. The Kier molecular flexibility index (Phi) is 6.17. The van der Waals surface area contributed by atoms with E-state index in [0.29, 0.717) is 0 Å². The van der Waals surface area contributed by atoms with Crippen molar-refractivity contribution in [3.63, 3.8) is 0 Å². The zero-order valence-corrected chi connectivity index (χ0v) is 10.2. The topological polar surface area (TPSA) is 33.7 Å². The van der Waals surface area contributed by atoms with E-state index in [1.807, 2.05) is 7.05 Å². The van der Waals surface area contributed by atoms with E-state index in [-0.39, 0.29) is 12.2 Å². The Hall–Kier alpha value is -0.160. The summed E-state index contributed by atoms with van der Waals surface area (Å²) < 4.78 is 10.8. The number of nitrogens with zero attached hydrogens (tertiary/aromatic N) is 1. The summed E-state index contributed by atoms with van der Waals surface area (Å²) in [6.07, 6.45) is 2.98. The second-order valence-electron chi connectivity index (χ2n) is 4.12. The van der Waals surface area contributed by atoms with Crippen LogP contribution in [0.4, 0.5) is 0 Å². The van der Waals surface area contributed by atoms with Gasteiger partial charge in [0.15, 0.2) is 0 Å². The first kappa shape index (κ1) is 12.9. The smallest absolute Gasteiger partial charge is 0.0971 e. The maximum absolute atomic E-state index is 5.39. The van der Waals surface area contributed by atoms with Crippen LogP contribution in [-0.4, -0.2) is 64.6 Å². The Morgan fingerprint density at radius 2 is 1.73 bits per heavy atom. The summed E-state index contributed by atoms with van der Waals surface area (Å²) in [6.45, 7) is 4.28. The summed E-state index contributed by atoms with van der Waals surface area (Å²) in [7, 11) is 5.53. The second-order valence-corrected chi connectivity index (χ2v) is 4.12. The lowest BCUT2D eigenvalue weighted by Crippen LogP contribution is -2.27. The van der Waals surface area contributed by atoms with Gasteiger partial charge in [0.2, 0.25) is 0 Å². The van der Waals surface area contributed by atoms with Gasteiger partial charge >= 0.3 is 0 Å². The zero-order valence-electron chi connectivity index (χ0n) is 10.2. The number of rotatable bonds is 7. The number of methoxy groups -OCH3 is 2. The number of unbranched alkanes of at least 4 members (excludes halogenated alkanes) is 1. The molecule has 2 atom stereocenters. The third-order valence-corrected chi connectivity index (χ3v) is 3.05. The molecule has 4 nitrogen and oxygen atoms in total. The molecule has 1 aliphatic heterocycles. The predicted molar refractivity (Wildman–Crippen MR) is 61.2 cm³/mol. The van der Waals surface area contributed by atoms with Crippen molar-refractivity contribution >= 4 is 0 Å². The molecule has 0 aromatic rings. The summed E-state index contributed by atoms with van der Waals surface area (Å²) in [6, 6.07) is 0. The highest BCUT2D eigenvalue weighted by atomic mass is 16.5. The predicted octanol–water partition coefficient (Wildman–Crippen LogP) is 0.332. The highest BCUT2D eigenvalue weighted by Gasteiger charge is 2.32. The summed E-state index contributed by atoms with van der Waals surface area (Å²) in [5.74, 6) is 0. The average Bonchev–Trinajstić information content (AvgIpc) is 2.67. The van der Waals surface area contributed by atoms with Crippen molar-refractivity contribution in [1.29, 1.82) is 0 Å². The van der Waals surface area contributed by atoms with Crippen molar-refractivity contribution in [1.82, 2.24) is 10.2 Å². The van der Waals surface area contributed by atoms with Crippen molar-refractivity contribution in [2.24, 2.45) is 0 Å². The molecule has 4 heteroatoms. The number of ether oxygens (including phenoxy) is 2. The Balaban J connectivity index is 2.16.